The van der Waals surface area contributed by atoms with Crippen LogP contribution in [0.2, 0.25) is 0 Å². The van der Waals surface area contributed by atoms with Crippen LogP contribution in [0, 0.1) is 12.8 Å². The van der Waals surface area contributed by atoms with E-state index in [1.54, 1.807) is 0 Å². The molecule has 80 valence electrons. The highest BCUT2D eigenvalue weighted by Gasteiger charge is 2.07. The molecule has 0 radical (unpaired) electrons. The highest BCUT2D eigenvalue weighted by atomic mass is 15.0. The van der Waals surface area contributed by atoms with Crippen molar-refractivity contribution in [1.29, 1.82) is 0 Å². The van der Waals surface area contributed by atoms with Crippen molar-refractivity contribution in [2.45, 2.75) is 20.3 Å². The number of aromatic nitrogens is 2. The van der Waals surface area contributed by atoms with E-state index in [0.29, 0.717) is 5.92 Å². The minimum atomic E-state index is 0.511. The Kier molecular flexibility index (Phi) is 2.73. The molecule has 3 nitrogen and oxygen atoms in total. The molecule has 0 spiro atoms. The first-order valence-electron chi connectivity index (χ1n) is 5.34. The molecule has 0 fully saturated rings. The highest BCUT2D eigenvalue weighted by molar-refractivity contribution is 5.47. The molecule has 0 saturated heterocycles. The fourth-order valence-electron chi connectivity index (χ4n) is 1.89. The van der Waals surface area contributed by atoms with Gasteiger partial charge in [0.2, 0.25) is 0 Å². The zero-order valence-corrected chi connectivity index (χ0v) is 9.27. The van der Waals surface area contributed by atoms with Gasteiger partial charge in [0.1, 0.15) is 5.82 Å². The average Bonchev–Trinajstić information content (AvgIpc) is 2.61. The standard InChI is InChI=1S/C12H17N3/c1-9(7-13)6-11-4-3-5-12-8-14-10(2)15(11)12/h3-5,8-9H,6-7,13H2,1-2H3. The third kappa shape index (κ3) is 1.88. The summed E-state index contributed by atoms with van der Waals surface area (Å²) in [4.78, 5) is 4.32. The fourth-order valence-corrected chi connectivity index (χ4v) is 1.89. The molecule has 0 aliphatic rings. The van der Waals surface area contributed by atoms with Crippen molar-refractivity contribution in [2.75, 3.05) is 6.54 Å². The fraction of sp³-hybridized carbons (Fsp3) is 0.417. The second kappa shape index (κ2) is 4.03. The topological polar surface area (TPSA) is 43.3 Å². The van der Waals surface area contributed by atoms with E-state index in [4.69, 9.17) is 5.73 Å². The van der Waals surface area contributed by atoms with E-state index in [9.17, 15) is 0 Å². The van der Waals surface area contributed by atoms with Crippen molar-refractivity contribution < 1.29 is 0 Å². The zero-order valence-electron chi connectivity index (χ0n) is 9.27. The molecule has 1 atom stereocenters. The second-order valence-electron chi connectivity index (χ2n) is 4.13. The van der Waals surface area contributed by atoms with Gasteiger partial charge in [-0.05, 0) is 37.9 Å². The summed E-state index contributed by atoms with van der Waals surface area (Å²) in [7, 11) is 0. The van der Waals surface area contributed by atoms with E-state index in [2.05, 4.69) is 34.5 Å². The maximum absolute atomic E-state index is 5.65. The van der Waals surface area contributed by atoms with Crippen molar-refractivity contribution >= 4 is 5.52 Å². The van der Waals surface area contributed by atoms with E-state index in [0.717, 1.165) is 24.3 Å². The molecule has 2 aromatic heterocycles. The molecule has 2 aromatic rings. The summed E-state index contributed by atoms with van der Waals surface area (Å²) >= 11 is 0. The number of imidazole rings is 1. The minimum absolute atomic E-state index is 0.511. The number of fused-ring (bicyclic) bond motifs is 1. The van der Waals surface area contributed by atoms with Crippen LogP contribution in [0.5, 0.6) is 0 Å². The number of aryl methyl sites for hydroxylation is 1. The molecule has 2 N–H and O–H groups in total. The van der Waals surface area contributed by atoms with Gasteiger partial charge >= 0.3 is 0 Å². The van der Waals surface area contributed by atoms with Crippen LogP contribution < -0.4 is 5.73 Å². The Balaban J connectivity index is 2.45. The van der Waals surface area contributed by atoms with Crippen molar-refractivity contribution in [1.82, 2.24) is 9.38 Å². The molecule has 1 unspecified atom stereocenters. The van der Waals surface area contributed by atoms with E-state index < -0.39 is 0 Å². The van der Waals surface area contributed by atoms with Gasteiger partial charge in [0.05, 0.1) is 11.7 Å². The lowest BCUT2D eigenvalue weighted by Crippen LogP contribution is -2.15. The van der Waals surface area contributed by atoms with Gasteiger partial charge in [0.25, 0.3) is 0 Å². The van der Waals surface area contributed by atoms with Crippen molar-refractivity contribution in [3.63, 3.8) is 0 Å². The third-order valence-electron chi connectivity index (χ3n) is 2.77. The smallest absolute Gasteiger partial charge is 0.110 e. The predicted molar refractivity (Wildman–Crippen MR) is 61.9 cm³/mol. The van der Waals surface area contributed by atoms with Gasteiger partial charge in [-0.3, -0.25) is 0 Å². The van der Waals surface area contributed by atoms with Crippen LogP contribution in [0.3, 0.4) is 0 Å². The summed E-state index contributed by atoms with van der Waals surface area (Å²) in [5.41, 5.74) is 8.11. The Hall–Kier alpha value is -1.35. The molecule has 0 aliphatic heterocycles. The Labute approximate surface area is 89.9 Å². The largest absolute Gasteiger partial charge is 0.330 e. The van der Waals surface area contributed by atoms with Crippen LogP contribution in [0.4, 0.5) is 0 Å². The van der Waals surface area contributed by atoms with Gasteiger partial charge in [-0.25, -0.2) is 4.98 Å². The maximum Gasteiger partial charge on any atom is 0.110 e. The van der Waals surface area contributed by atoms with E-state index in [1.165, 1.54) is 5.69 Å². The summed E-state index contributed by atoms with van der Waals surface area (Å²) in [6.45, 7) is 4.93. The molecule has 0 saturated carbocycles. The Morgan fingerprint density at radius 2 is 2.27 bits per heavy atom. The van der Waals surface area contributed by atoms with Crippen LogP contribution in [-0.2, 0) is 6.42 Å². The third-order valence-corrected chi connectivity index (χ3v) is 2.77. The molecule has 0 aliphatic carbocycles. The molecular weight excluding hydrogens is 186 g/mol. The molecule has 2 rings (SSSR count). The summed E-state index contributed by atoms with van der Waals surface area (Å²) < 4.78 is 2.20. The molecule has 15 heavy (non-hydrogen) atoms. The van der Waals surface area contributed by atoms with Crippen LogP contribution in [0.25, 0.3) is 5.52 Å². The quantitative estimate of drug-likeness (QED) is 0.826. The van der Waals surface area contributed by atoms with Crippen LogP contribution in [0.15, 0.2) is 24.4 Å². The van der Waals surface area contributed by atoms with Gasteiger partial charge in [0.15, 0.2) is 0 Å². The summed E-state index contributed by atoms with van der Waals surface area (Å²) in [6, 6.07) is 6.31. The number of rotatable bonds is 3. The number of nitrogens with two attached hydrogens (primary N) is 1. The van der Waals surface area contributed by atoms with E-state index in [-0.39, 0.29) is 0 Å². The second-order valence-corrected chi connectivity index (χ2v) is 4.13. The number of hydrogen-bond acceptors (Lipinski definition) is 2. The lowest BCUT2D eigenvalue weighted by molar-refractivity contribution is 0.579. The molecule has 0 bridgehead atoms. The predicted octanol–water partition coefficient (Wildman–Crippen LogP) is 1.78. The van der Waals surface area contributed by atoms with Gasteiger partial charge < -0.3 is 10.1 Å². The van der Waals surface area contributed by atoms with Gasteiger partial charge in [-0.1, -0.05) is 13.0 Å². The van der Waals surface area contributed by atoms with Crippen molar-refractivity contribution in [3.05, 3.63) is 35.9 Å². The Bertz CT molecular complexity index is 459. The molecular formula is C12H17N3. The minimum Gasteiger partial charge on any atom is -0.330 e. The lowest BCUT2D eigenvalue weighted by atomic mass is 10.1. The number of pyridine rings is 1. The maximum atomic E-state index is 5.65. The molecule has 0 amide bonds. The summed E-state index contributed by atoms with van der Waals surface area (Å²) in [6.07, 6.45) is 2.91. The van der Waals surface area contributed by atoms with Gasteiger partial charge in [-0.15, -0.1) is 0 Å². The molecule has 3 heteroatoms. The van der Waals surface area contributed by atoms with E-state index in [1.807, 2.05) is 13.1 Å². The summed E-state index contributed by atoms with van der Waals surface area (Å²) in [5, 5.41) is 0. The molecule has 0 aromatic carbocycles. The first-order valence-corrected chi connectivity index (χ1v) is 5.34. The van der Waals surface area contributed by atoms with Crippen molar-refractivity contribution in [3.8, 4) is 0 Å². The highest BCUT2D eigenvalue weighted by Crippen LogP contribution is 2.13. The lowest BCUT2D eigenvalue weighted by Gasteiger charge is -2.11. The first kappa shape index (κ1) is 10.2. The van der Waals surface area contributed by atoms with E-state index >= 15 is 0 Å². The van der Waals surface area contributed by atoms with Crippen LogP contribution in [0.1, 0.15) is 18.4 Å². The monoisotopic (exact) mass is 203 g/mol. The SMILES string of the molecule is Cc1ncc2cccc(CC(C)CN)n12. The number of nitrogens with zero attached hydrogens (tertiary/aromatic N) is 2. The molecule has 2 heterocycles. The van der Waals surface area contributed by atoms with Gasteiger partial charge in [-0.2, -0.15) is 0 Å². The average molecular weight is 203 g/mol. The first-order chi connectivity index (χ1) is 7.22. The normalized spacial score (nSPS) is 13.3. The van der Waals surface area contributed by atoms with Gasteiger partial charge in [0, 0.05) is 5.69 Å². The Morgan fingerprint density at radius 1 is 1.47 bits per heavy atom. The summed E-state index contributed by atoms with van der Waals surface area (Å²) in [5.74, 6) is 1.56. The van der Waals surface area contributed by atoms with Crippen LogP contribution >= 0.6 is 0 Å². The zero-order chi connectivity index (χ0) is 10.8. The number of hydrogen-bond donors (Lipinski definition) is 1. The van der Waals surface area contributed by atoms with Crippen molar-refractivity contribution in [2.24, 2.45) is 11.7 Å². The van der Waals surface area contributed by atoms with Crippen LogP contribution in [-0.4, -0.2) is 15.9 Å². The Morgan fingerprint density at radius 3 is 3.00 bits per heavy atom.